The Morgan fingerprint density at radius 1 is 1.45 bits per heavy atom. The average Bonchev–Trinajstić information content (AvgIpc) is 3.42. The smallest absolute Gasteiger partial charge is 0.244 e. The first kappa shape index (κ1) is 19.5. The van der Waals surface area contributed by atoms with Crippen LogP contribution in [0.5, 0.6) is 0 Å². The first-order valence-electron chi connectivity index (χ1n) is 9.19. The summed E-state index contributed by atoms with van der Waals surface area (Å²) in [6, 6.07) is 7.09. The number of rotatable bonds is 6. The highest BCUT2D eigenvalue weighted by Crippen LogP contribution is 2.38. The number of terminal acetylenes is 1. The van der Waals surface area contributed by atoms with Crippen LogP contribution in [0.3, 0.4) is 0 Å². The summed E-state index contributed by atoms with van der Waals surface area (Å²) in [6.07, 6.45) is 5.73. The van der Waals surface area contributed by atoms with E-state index in [1.54, 1.807) is 6.07 Å². The Hall–Kier alpha value is -2.77. The molecule has 1 aliphatic heterocycles. The lowest BCUT2D eigenvalue weighted by Gasteiger charge is -2.18. The predicted octanol–water partition coefficient (Wildman–Crippen LogP) is 1.76. The minimum atomic E-state index is -1.09. The van der Waals surface area contributed by atoms with Gasteiger partial charge in [-0.1, -0.05) is 23.2 Å². The first-order valence-corrected chi connectivity index (χ1v) is 10.1. The fourth-order valence-corrected chi connectivity index (χ4v) is 4.34. The molecule has 29 heavy (non-hydrogen) atoms. The van der Waals surface area contributed by atoms with E-state index in [1.807, 2.05) is 35.5 Å². The van der Waals surface area contributed by atoms with Crippen molar-refractivity contribution in [2.75, 3.05) is 25.9 Å². The molecule has 3 heterocycles. The molecule has 0 aliphatic carbocycles. The molecule has 0 bridgehead atoms. The number of nitrogen functional groups attached to an aromatic ring is 1. The molecule has 3 aromatic rings. The van der Waals surface area contributed by atoms with Crippen molar-refractivity contribution >= 4 is 17.0 Å². The Morgan fingerprint density at radius 2 is 2.28 bits per heavy atom. The maximum absolute atomic E-state index is 11.1. The zero-order chi connectivity index (χ0) is 20.4. The van der Waals surface area contributed by atoms with Crippen molar-refractivity contribution in [3.8, 4) is 23.7 Å². The third-order valence-corrected chi connectivity index (χ3v) is 5.75. The normalized spacial score (nSPS) is 21.5. The number of benzene rings is 1. The number of β-amino-alcohol motifs (C(OH)–C–C–N with tert-alkyl or cyclic N) is 1. The minimum Gasteiger partial charge on any atom is -0.398 e. The largest absolute Gasteiger partial charge is 0.398 e. The summed E-state index contributed by atoms with van der Waals surface area (Å²) in [5, 5.41) is 21.3. The van der Waals surface area contributed by atoms with Crippen molar-refractivity contribution in [1.29, 1.82) is 0 Å². The lowest BCUT2D eigenvalue weighted by Crippen LogP contribution is -2.28. The number of nitrogens with one attached hydrogen (secondary N) is 1. The van der Waals surface area contributed by atoms with Crippen molar-refractivity contribution in [2.45, 2.75) is 24.6 Å². The van der Waals surface area contributed by atoms with Gasteiger partial charge in [-0.2, -0.15) is 4.98 Å². The highest BCUT2D eigenvalue weighted by atomic mass is 32.1. The van der Waals surface area contributed by atoms with Crippen LogP contribution in [0.4, 0.5) is 5.69 Å². The van der Waals surface area contributed by atoms with Crippen molar-refractivity contribution in [1.82, 2.24) is 25.3 Å². The van der Waals surface area contributed by atoms with Gasteiger partial charge in [-0.05, 0) is 19.2 Å². The summed E-state index contributed by atoms with van der Waals surface area (Å²) in [4.78, 5) is 11.1. The molecule has 8 nitrogen and oxygen atoms in total. The molecule has 0 unspecified atom stereocenters. The van der Waals surface area contributed by atoms with E-state index in [-0.39, 0.29) is 6.04 Å². The predicted molar refractivity (Wildman–Crippen MR) is 111 cm³/mol. The van der Waals surface area contributed by atoms with Crippen molar-refractivity contribution in [3.63, 3.8) is 0 Å². The summed E-state index contributed by atoms with van der Waals surface area (Å²) >= 11 is 1.51. The molecule has 1 fully saturated rings. The van der Waals surface area contributed by atoms with Gasteiger partial charge in [0.2, 0.25) is 11.7 Å². The summed E-state index contributed by atoms with van der Waals surface area (Å²) in [5.74, 6) is 3.46. The maximum Gasteiger partial charge on any atom is 0.244 e. The number of thiazole rings is 1. The quantitative estimate of drug-likeness (QED) is 0.416. The molecule has 9 heteroatoms. The van der Waals surface area contributed by atoms with Gasteiger partial charge < -0.3 is 20.7 Å². The van der Waals surface area contributed by atoms with Crippen LogP contribution in [0.1, 0.15) is 29.1 Å². The van der Waals surface area contributed by atoms with Gasteiger partial charge in [0.1, 0.15) is 10.6 Å². The standard InChI is InChI=1S/C20H22N6O2S/c1-3-8-26(2)10-17-23-16(11-29-17)20(27)9-15(22-12-20)19-24-18(25-28-19)13-6-4-5-7-14(13)21/h1,4-7,11,15,22,27H,8-10,12,21H2,2H3/t15-,20-/m1/s1. The van der Waals surface area contributed by atoms with E-state index < -0.39 is 5.60 Å². The highest BCUT2D eigenvalue weighted by Gasteiger charge is 2.43. The topological polar surface area (TPSA) is 113 Å². The van der Waals surface area contributed by atoms with Crippen molar-refractivity contribution in [2.24, 2.45) is 0 Å². The third-order valence-electron chi connectivity index (χ3n) is 4.92. The monoisotopic (exact) mass is 410 g/mol. The van der Waals surface area contributed by atoms with E-state index in [2.05, 4.69) is 26.4 Å². The van der Waals surface area contributed by atoms with E-state index in [0.717, 1.165) is 10.6 Å². The van der Waals surface area contributed by atoms with Gasteiger partial charge in [-0.15, -0.1) is 17.8 Å². The molecule has 2 atom stereocenters. The molecule has 1 saturated heterocycles. The molecular formula is C20H22N6O2S. The van der Waals surface area contributed by atoms with Gasteiger partial charge in [0.25, 0.3) is 0 Å². The molecule has 1 aromatic carbocycles. The average molecular weight is 411 g/mol. The summed E-state index contributed by atoms with van der Waals surface area (Å²) in [5.41, 5.74) is 6.85. The van der Waals surface area contributed by atoms with E-state index >= 15 is 0 Å². The number of aromatic nitrogens is 3. The van der Waals surface area contributed by atoms with Crippen molar-refractivity contribution < 1.29 is 9.63 Å². The van der Waals surface area contributed by atoms with Gasteiger partial charge in [0, 0.05) is 29.6 Å². The van der Waals surface area contributed by atoms with Crippen LogP contribution in [0.15, 0.2) is 34.2 Å². The van der Waals surface area contributed by atoms with E-state index in [1.165, 1.54) is 11.3 Å². The van der Waals surface area contributed by atoms with Crippen LogP contribution in [-0.2, 0) is 12.1 Å². The summed E-state index contributed by atoms with van der Waals surface area (Å²) in [6.45, 7) is 1.55. The molecule has 4 N–H and O–H groups in total. The number of aliphatic hydroxyl groups is 1. The van der Waals surface area contributed by atoms with Gasteiger partial charge >= 0.3 is 0 Å². The summed E-state index contributed by atoms with van der Waals surface area (Å²) < 4.78 is 5.44. The zero-order valence-electron chi connectivity index (χ0n) is 16.0. The molecule has 150 valence electrons. The van der Waals surface area contributed by atoms with Gasteiger partial charge in [-0.25, -0.2) is 4.98 Å². The number of hydrogen-bond acceptors (Lipinski definition) is 9. The molecule has 1 aliphatic rings. The van der Waals surface area contributed by atoms with Crippen LogP contribution in [0.2, 0.25) is 0 Å². The minimum absolute atomic E-state index is 0.263. The van der Waals surface area contributed by atoms with Crippen LogP contribution in [-0.4, -0.2) is 45.3 Å². The number of hydrogen-bond donors (Lipinski definition) is 3. The van der Waals surface area contributed by atoms with Crippen LogP contribution < -0.4 is 11.1 Å². The number of anilines is 1. The van der Waals surface area contributed by atoms with E-state index in [9.17, 15) is 5.11 Å². The highest BCUT2D eigenvalue weighted by molar-refractivity contribution is 7.09. The number of nitrogens with zero attached hydrogens (tertiary/aromatic N) is 4. The van der Waals surface area contributed by atoms with E-state index in [0.29, 0.717) is 49.2 Å². The second-order valence-electron chi connectivity index (χ2n) is 7.22. The van der Waals surface area contributed by atoms with Crippen molar-refractivity contribution in [3.05, 3.63) is 46.2 Å². The Kier molecular flexibility index (Phi) is 5.34. The third kappa shape index (κ3) is 4.02. The Morgan fingerprint density at radius 3 is 3.07 bits per heavy atom. The Bertz CT molecular complexity index is 1040. The van der Waals surface area contributed by atoms with Gasteiger partial charge in [0.05, 0.1) is 24.8 Å². The maximum atomic E-state index is 11.1. The fraction of sp³-hybridized carbons (Fsp3) is 0.350. The fourth-order valence-electron chi connectivity index (χ4n) is 3.37. The second kappa shape index (κ2) is 7.93. The number of para-hydroxylation sites is 1. The first-order chi connectivity index (χ1) is 14.0. The lowest BCUT2D eigenvalue weighted by molar-refractivity contribution is 0.0507. The Balaban J connectivity index is 1.47. The molecule has 0 amide bonds. The molecular weight excluding hydrogens is 388 g/mol. The molecule has 0 spiro atoms. The lowest BCUT2D eigenvalue weighted by atomic mass is 9.97. The molecule has 0 radical (unpaired) electrons. The zero-order valence-corrected chi connectivity index (χ0v) is 16.8. The Labute approximate surface area is 172 Å². The molecule has 4 rings (SSSR count). The van der Waals surface area contributed by atoms with Crippen LogP contribution >= 0.6 is 11.3 Å². The molecule has 2 aromatic heterocycles. The van der Waals surface area contributed by atoms with E-state index in [4.69, 9.17) is 16.7 Å². The van der Waals surface area contributed by atoms with Crippen LogP contribution in [0.25, 0.3) is 11.4 Å². The molecule has 0 saturated carbocycles. The van der Waals surface area contributed by atoms with Gasteiger partial charge in [0.15, 0.2) is 0 Å². The number of nitrogens with two attached hydrogens (primary N) is 1. The van der Waals surface area contributed by atoms with Gasteiger partial charge in [-0.3, -0.25) is 4.90 Å². The second-order valence-corrected chi connectivity index (χ2v) is 8.16. The summed E-state index contributed by atoms with van der Waals surface area (Å²) in [7, 11) is 1.94. The SMILES string of the molecule is C#CCN(C)Cc1nc([C@]2(O)CN[C@@H](c3nc(-c4ccccc4N)no3)C2)cs1. The van der Waals surface area contributed by atoms with Crippen LogP contribution in [0, 0.1) is 12.3 Å².